The van der Waals surface area contributed by atoms with Gasteiger partial charge in [-0.3, -0.25) is 4.79 Å². The largest absolute Gasteiger partial charge is 0.324 e. The van der Waals surface area contributed by atoms with Gasteiger partial charge >= 0.3 is 0 Å². The Labute approximate surface area is 108 Å². The summed E-state index contributed by atoms with van der Waals surface area (Å²) in [7, 11) is 0. The van der Waals surface area contributed by atoms with Gasteiger partial charge in [0.1, 0.15) is 6.04 Å². The molecule has 0 bridgehead atoms. The Hall–Kier alpha value is -1.36. The number of nitrogens with one attached hydrogen (secondary N) is 1. The lowest BCUT2D eigenvalue weighted by atomic mass is 10.2. The third kappa shape index (κ3) is 3.06. The molecular weight excluding hydrogens is 256 g/mol. The Morgan fingerprint density at radius 2 is 2.00 bits per heavy atom. The van der Waals surface area contributed by atoms with E-state index in [9.17, 15) is 4.79 Å². The number of amides is 1. The highest BCUT2D eigenvalue weighted by Crippen LogP contribution is 2.19. The van der Waals surface area contributed by atoms with Crippen LogP contribution < -0.4 is 11.1 Å². The summed E-state index contributed by atoms with van der Waals surface area (Å²) in [6.45, 7) is 0. The third-order valence-corrected chi connectivity index (χ3v) is 3.45. The van der Waals surface area contributed by atoms with Crippen LogP contribution in [0.1, 0.15) is 10.9 Å². The quantitative estimate of drug-likeness (QED) is 0.897. The van der Waals surface area contributed by atoms with Crippen LogP contribution >= 0.6 is 22.9 Å². The van der Waals surface area contributed by atoms with E-state index in [1.165, 1.54) is 11.3 Å². The number of rotatable bonds is 3. The van der Waals surface area contributed by atoms with Gasteiger partial charge in [-0.25, -0.2) is 0 Å². The molecule has 0 saturated carbocycles. The van der Waals surface area contributed by atoms with Crippen LogP contribution in [0.25, 0.3) is 0 Å². The normalized spacial score (nSPS) is 12.1. The van der Waals surface area contributed by atoms with Crippen LogP contribution in [0.15, 0.2) is 41.8 Å². The van der Waals surface area contributed by atoms with Gasteiger partial charge in [0.15, 0.2) is 0 Å². The molecule has 2 rings (SSSR count). The molecule has 5 heteroatoms. The highest BCUT2D eigenvalue weighted by molar-refractivity contribution is 7.10. The summed E-state index contributed by atoms with van der Waals surface area (Å²) in [6, 6.07) is 9.99. The van der Waals surface area contributed by atoms with E-state index < -0.39 is 6.04 Å². The third-order valence-electron chi connectivity index (χ3n) is 2.24. The van der Waals surface area contributed by atoms with Gasteiger partial charge in [0.2, 0.25) is 5.91 Å². The first kappa shape index (κ1) is 12.1. The number of hydrogen-bond acceptors (Lipinski definition) is 3. The maximum absolute atomic E-state index is 11.8. The van der Waals surface area contributed by atoms with E-state index in [-0.39, 0.29) is 5.91 Å². The molecule has 0 spiro atoms. The molecule has 88 valence electrons. The average molecular weight is 267 g/mol. The Kier molecular flexibility index (Phi) is 3.78. The molecule has 1 heterocycles. The molecule has 0 aliphatic rings. The second-order valence-electron chi connectivity index (χ2n) is 3.49. The number of carbonyl (C=O) groups excluding carboxylic acids is 1. The van der Waals surface area contributed by atoms with Gasteiger partial charge in [-0.2, -0.15) is 0 Å². The summed E-state index contributed by atoms with van der Waals surface area (Å²) in [6.07, 6.45) is 0. The van der Waals surface area contributed by atoms with Crippen LogP contribution in [0.4, 0.5) is 5.69 Å². The Morgan fingerprint density at radius 1 is 1.29 bits per heavy atom. The van der Waals surface area contributed by atoms with Gasteiger partial charge in [-0.15, -0.1) is 11.3 Å². The van der Waals surface area contributed by atoms with Gasteiger partial charge in [0, 0.05) is 15.6 Å². The molecule has 0 aliphatic heterocycles. The van der Waals surface area contributed by atoms with E-state index in [1.54, 1.807) is 24.3 Å². The van der Waals surface area contributed by atoms with Crippen LogP contribution in [-0.2, 0) is 4.79 Å². The van der Waals surface area contributed by atoms with Crippen molar-refractivity contribution in [3.8, 4) is 0 Å². The molecule has 0 aliphatic carbocycles. The van der Waals surface area contributed by atoms with Crippen molar-refractivity contribution < 1.29 is 4.79 Å². The topological polar surface area (TPSA) is 55.1 Å². The molecule has 1 aromatic carbocycles. The zero-order chi connectivity index (χ0) is 12.3. The van der Waals surface area contributed by atoms with Gasteiger partial charge in [0.05, 0.1) is 0 Å². The summed E-state index contributed by atoms with van der Waals surface area (Å²) < 4.78 is 0. The number of carbonyl (C=O) groups is 1. The first-order valence-corrected chi connectivity index (χ1v) is 6.28. The predicted octanol–water partition coefficient (Wildman–Crippen LogP) is 3.04. The minimum Gasteiger partial charge on any atom is -0.324 e. The van der Waals surface area contributed by atoms with Crippen molar-refractivity contribution in [2.45, 2.75) is 6.04 Å². The summed E-state index contributed by atoms with van der Waals surface area (Å²) in [4.78, 5) is 12.7. The first-order valence-electron chi connectivity index (χ1n) is 5.02. The molecule has 1 aromatic heterocycles. The fourth-order valence-corrected chi connectivity index (χ4v) is 2.20. The molecule has 1 amide bonds. The van der Waals surface area contributed by atoms with Crippen molar-refractivity contribution in [1.82, 2.24) is 0 Å². The van der Waals surface area contributed by atoms with E-state index in [0.717, 1.165) is 4.88 Å². The minimum absolute atomic E-state index is 0.227. The number of halogens is 1. The molecule has 3 N–H and O–H groups in total. The standard InChI is InChI=1S/C12H11ClN2OS/c13-8-3-5-9(6-4-8)15-12(16)11(14)10-2-1-7-17-10/h1-7,11H,14H2,(H,15,16). The summed E-state index contributed by atoms with van der Waals surface area (Å²) in [5.74, 6) is -0.227. The molecule has 17 heavy (non-hydrogen) atoms. The van der Waals surface area contributed by atoms with Crippen LogP contribution in [0.5, 0.6) is 0 Å². The lowest BCUT2D eigenvalue weighted by Crippen LogP contribution is -2.26. The van der Waals surface area contributed by atoms with Gasteiger partial charge in [-0.05, 0) is 35.7 Å². The molecule has 0 fully saturated rings. The zero-order valence-corrected chi connectivity index (χ0v) is 10.5. The smallest absolute Gasteiger partial charge is 0.246 e. The number of anilines is 1. The maximum Gasteiger partial charge on any atom is 0.246 e. The van der Waals surface area contributed by atoms with Gasteiger partial charge < -0.3 is 11.1 Å². The monoisotopic (exact) mass is 266 g/mol. The molecule has 0 saturated heterocycles. The van der Waals surface area contributed by atoms with Crippen molar-refractivity contribution in [2.24, 2.45) is 5.73 Å². The molecule has 1 atom stereocenters. The van der Waals surface area contributed by atoms with Crippen LogP contribution in [0, 0.1) is 0 Å². The fraction of sp³-hybridized carbons (Fsp3) is 0.0833. The second kappa shape index (κ2) is 5.31. The Morgan fingerprint density at radius 3 is 2.59 bits per heavy atom. The second-order valence-corrected chi connectivity index (χ2v) is 4.90. The Bertz CT molecular complexity index is 496. The van der Waals surface area contributed by atoms with Crippen molar-refractivity contribution in [1.29, 1.82) is 0 Å². The minimum atomic E-state index is -0.634. The molecule has 3 nitrogen and oxygen atoms in total. The number of hydrogen-bond donors (Lipinski definition) is 2. The van der Waals surface area contributed by atoms with Crippen LogP contribution in [0.3, 0.4) is 0 Å². The molecule has 0 radical (unpaired) electrons. The van der Waals surface area contributed by atoms with E-state index in [1.807, 2.05) is 17.5 Å². The SMILES string of the molecule is NC(C(=O)Nc1ccc(Cl)cc1)c1cccs1. The van der Waals surface area contributed by atoms with Gasteiger partial charge in [-0.1, -0.05) is 17.7 Å². The fourth-order valence-electron chi connectivity index (χ4n) is 1.35. The number of benzene rings is 1. The van der Waals surface area contributed by atoms with E-state index in [0.29, 0.717) is 10.7 Å². The van der Waals surface area contributed by atoms with Crippen molar-refractivity contribution >= 4 is 34.5 Å². The molecule has 1 unspecified atom stereocenters. The van der Waals surface area contributed by atoms with E-state index in [4.69, 9.17) is 17.3 Å². The highest BCUT2D eigenvalue weighted by Gasteiger charge is 2.16. The predicted molar refractivity (Wildman–Crippen MR) is 71.3 cm³/mol. The van der Waals surface area contributed by atoms with E-state index >= 15 is 0 Å². The lowest BCUT2D eigenvalue weighted by Gasteiger charge is -2.10. The highest BCUT2D eigenvalue weighted by atomic mass is 35.5. The number of thiophene rings is 1. The Balaban J connectivity index is 2.04. The van der Waals surface area contributed by atoms with E-state index in [2.05, 4.69) is 5.32 Å². The zero-order valence-electron chi connectivity index (χ0n) is 8.89. The average Bonchev–Trinajstić information content (AvgIpc) is 2.84. The van der Waals surface area contributed by atoms with Crippen molar-refractivity contribution in [3.05, 3.63) is 51.7 Å². The maximum atomic E-state index is 11.8. The van der Waals surface area contributed by atoms with Crippen LogP contribution in [-0.4, -0.2) is 5.91 Å². The summed E-state index contributed by atoms with van der Waals surface area (Å²) in [5.41, 5.74) is 6.52. The molecule has 2 aromatic rings. The number of nitrogens with two attached hydrogens (primary N) is 1. The lowest BCUT2D eigenvalue weighted by molar-refractivity contribution is -0.117. The van der Waals surface area contributed by atoms with Crippen LogP contribution in [0.2, 0.25) is 5.02 Å². The first-order chi connectivity index (χ1) is 8.16. The van der Waals surface area contributed by atoms with Crippen molar-refractivity contribution in [3.63, 3.8) is 0 Å². The van der Waals surface area contributed by atoms with Gasteiger partial charge in [0.25, 0.3) is 0 Å². The molecular formula is C12H11ClN2OS. The summed E-state index contributed by atoms with van der Waals surface area (Å²) in [5, 5.41) is 5.27. The summed E-state index contributed by atoms with van der Waals surface area (Å²) >= 11 is 7.22. The van der Waals surface area contributed by atoms with Crippen molar-refractivity contribution in [2.75, 3.05) is 5.32 Å².